The van der Waals surface area contributed by atoms with E-state index in [2.05, 4.69) is 22.6 Å². The molecule has 5 nitrogen and oxygen atoms in total. The van der Waals surface area contributed by atoms with Crippen molar-refractivity contribution >= 4 is 17.4 Å². The predicted octanol–water partition coefficient (Wildman–Crippen LogP) is 3.05. The van der Waals surface area contributed by atoms with Crippen LogP contribution in [0.2, 0.25) is 0 Å². The molecule has 118 valence electrons. The molecule has 2 heterocycles. The molecule has 1 amide bonds. The van der Waals surface area contributed by atoms with E-state index in [0.29, 0.717) is 5.92 Å². The number of ether oxygens (including phenoxy) is 1. The summed E-state index contributed by atoms with van der Waals surface area (Å²) < 4.78 is 5.41. The zero-order valence-electron chi connectivity index (χ0n) is 13.3. The summed E-state index contributed by atoms with van der Waals surface area (Å²) in [5.74, 6) is 0.485. The zero-order chi connectivity index (χ0) is 15.5. The summed E-state index contributed by atoms with van der Waals surface area (Å²) in [7, 11) is 0. The molecule has 2 atom stereocenters. The van der Waals surface area contributed by atoms with E-state index in [-0.39, 0.29) is 12.1 Å². The van der Waals surface area contributed by atoms with Gasteiger partial charge >= 0.3 is 6.09 Å². The van der Waals surface area contributed by atoms with Crippen LogP contribution in [0.4, 0.5) is 4.79 Å². The van der Waals surface area contributed by atoms with Gasteiger partial charge in [0.25, 0.3) is 0 Å². The Morgan fingerprint density at radius 1 is 1.62 bits per heavy atom. The van der Waals surface area contributed by atoms with Crippen LogP contribution in [0.5, 0.6) is 0 Å². The lowest BCUT2D eigenvalue weighted by Gasteiger charge is -2.24. The van der Waals surface area contributed by atoms with Gasteiger partial charge in [0, 0.05) is 31.1 Å². The summed E-state index contributed by atoms with van der Waals surface area (Å²) in [4.78, 5) is 18.1. The number of carbonyl (C=O) groups is 1. The van der Waals surface area contributed by atoms with Gasteiger partial charge < -0.3 is 15.0 Å². The van der Waals surface area contributed by atoms with Crippen LogP contribution in [0.3, 0.4) is 0 Å². The second-order valence-corrected chi connectivity index (χ2v) is 7.34. The minimum atomic E-state index is -0.424. The summed E-state index contributed by atoms with van der Waals surface area (Å²) in [5, 5.41) is 5.57. The third kappa shape index (κ3) is 4.97. The summed E-state index contributed by atoms with van der Waals surface area (Å²) >= 11 is 1.62. The van der Waals surface area contributed by atoms with Gasteiger partial charge in [-0.2, -0.15) is 0 Å². The summed E-state index contributed by atoms with van der Waals surface area (Å²) in [6.45, 7) is 10.3. The Kier molecular flexibility index (Phi) is 5.22. The van der Waals surface area contributed by atoms with E-state index in [1.807, 2.05) is 31.2 Å². The molecule has 2 rings (SSSR count). The number of hydrogen-bond acceptors (Lipinski definition) is 5. The number of nitrogens with one attached hydrogen (secondary N) is 1. The first-order valence-electron chi connectivity index (χ1n) is 7.44. The van der Waals surface area contributed by atoms with Crippen molar-refractivity contribution < 1.29 is 9.53 Å². The Labute approximate surface area is 130 Å². The van der Waals surface area contributed by atoms with Gasteiger partial charge in [0.2, 0.25) is 0 Å². The van der Waals surface area contributed by atoms with Crippen molar-refractivity contribution in [1.82, 2.24) is 15.2 Å². The van der Waals surface area contributed by atoms with Gasteiger partial charge in [0.1, 0.15) is 5.60 Å². The summed E-state index contributed by atoms with van der Waals surface area (Å²) in [6.07, 6.45) is 0.827. The van der Waals surface area contributed by atoms with Gasteiger partial charge in [-0.05, 0) is 40.0 Å². The molecule has 1 saturated heterocycles. The number of carbonyl (C=O) groups excluding carboxylic acids is 1. The standard InChI is InChI=1S/C15H25N3O2S/c1-11(13-9-21-10-17-13)16-7-12-5-6-18(8-12)14(19)20-15(2,3)4/h9-12,16H,5-8H2,1-4H3. The average Bonchev–Trinajstić information content (AvgIpc) is 3.05. The number of likely N-dealkylation sites (tertiary alicyclic amines) is 1. The zero-order valence-corrected chi connectivity index (χ0v) is 14.1. The van der Waals surface area contributed by atoms with E-state index < -0.39 is 5.60 Å². The molecule has 1 aliphatic heterocycles. The Morgan fingerprint density at radius 3 is 3.00 bits per heavy atom. The quantitative estimate of drug-likeness (QED) is 0.928. The second-order valence-electron chi connectivity index (χ2n) is 6.62. The molecule has 1 aromatic rings. The molecular formula is C15H25N3O2S. The fraction of sp³-hybridized carbons (Fsp3) is 0.733. The lowest BCUT2D eigenvalue weighted by Crippen LogP contribution is -2.36. The largest absolute Gasteiger partial charge is 0.444 e. The maximum Gasteiger partial charge on any atom is 0.410 e. The van der Waals surface area contributed by atoms with Crippen LogP contribution in [-0.4, -0.2) is 41.2 Å². The van der Waals surface area contributed by atoms with E-state index in [1.165, 1.54) is 0 Å². The number of rotatable bonds is 4. The van der Waals surface area contributed by atoms with Crippen LogP contribution in [0.1, 0.15) is 45.9 Å². The van der Waals surface area contributed by atoms with Crippen LogP contribution in [0.25, 0.3) is 0 Å². The van der Waals surface area contributed by atoms with Crippen LogP contribution >= 0.6 is 11.3 Å². The Bertz CT molecular complexity index is 456. The van der Waals surface area contributed by atoms with Gasteiger partial charge in [0.15, 0.2) is 0 Å². The molecular weight excluding hydrogens is 286 g/mol. The van der Waals surface area contributed by atoms with E-state index in [1.54, 1.807) is 11.3 Å². The van der Waals surface area contributed by atoms with Crippen molar-refractivity contribution in [2.24, 2.45) is 5.92 Å². The summed E-state index contributed by atoms with van der Waals surface area (Å²) in [6, 6.07) is 0.256. The normalized spacial score (nSPS) is 20.6. The highest BCUT2D eigenvalue weighted by Gasteiger charge is 2.29. The molecule has 0 spiro atoms. The molecule has 0 saturated carbocycles. The first kappa shape index (κ1) is 16.2. The molecule has 0 radical (unpaired) electrons. The van der Waals surface area contributed by atoms with Crippen molar-refractivity contribution in [2.75, 3.05) is 19.6 Å². The van der Waals surface area contributed by atoms with Crippen molar-refractivity contribution in [1.29, 1.82) is 0 Å². The Hall–Kier alpha value is -1.14. The van der Waals surface area contributed by atoms with E-state index in [0.717, 1.165) is 31.7 Å². The minimum absolute atomic E-state index is 0.197. The third-order valence-corrected chi connectivity index (χ3v) is 4.15. The maximum absolute atomic E-state index is 12.0. The van der Waals surface area contributed by atoms with Gasteiger partial charge in [-0.15, -0.1) is 11.3 Å². The molecule has 1 aromatic heterocycles. The fourth-order valence-corrected chi connectivity index (χ4v) is 3.02. The van der Waals surface area contributed by atoms with Gasteiger partial charge in [-0.1, -0.05) is 0 Å². The Morgan fingerprint density at radius 2 is 2.38 bits per heavy atom. The Balaban J connectivity index is 1.74. The lowest BCUT2D eigenvalue weighted by atomic mass is 10.1. The second kappa shape index (κ2) is 6.75. The third-order valence-electron chi connectivity index (χ3n) is 3.55. The molecule has 1 N–H and O–H groups in total. The van der Waals surface area contributed by atoms with E-state index >= 15 is 0 Å². The smallest absolute Gasteiger partial charge is 0.410 e. The number of aromatic nitrogens is 1. The molecule has 2 unspecified atom stereocenters. The van der Waals surface area contributed by atoms with E-state index in [4.69, 9.17) is 4.74 Å². The van der Waals surface area contributed by atoms with Crippen molar-refractivity contribution in [3.05, 3.63) is 16.6 Å². The highest BCUT2D eigenvalue weighted by Crippen LogP contribution is 2.20. The molecule has 0 aliphatic carbocycles. The van der Waals surface area contributed by atoms with Crippen LogP contribution in [-0.2, 0) is 4.74 Å². The molecule has 6 heteroatoms. The fourth-order valence-electron chi connectivity index (χ4n) is 2.38. The highest BCUT2D eigenvalue weighted by atomic mass is 32.1. The number of thiazole rings is 1. The monoisotopic (exact) mass is 311 g/mol. The van der Waals surface area contributed by atoms with Crippen LogP contribution in [0.15, 0.2) is 10.9 Å². The first-order chi connectivity index (χ1) is 9.85. The minimum Gasteiger partial charge on any atom is -0.444 e. The highest BCUT2D eigenvalue weighted by molar-refractivity contribution is 7.07. The van der Waals surface area contributed by atoms with Gasteiger partial charge in [-0.3, -0.25) is 0 Å². The molecule has 1 aliphatic rings. The lowest BCUT2D eigenvalue weighted by molar-refractivity contribution is 0.0288. The number of nitrogens with zero attached hydrogens (tertiary/aromatic N) is 2. The number of amides is 1. The van der Waals surface area contributed by atoms with Crippen molar-refractivity contribution in [3.63, 3.8) is 0 Å². The van der Waals surface area contributed by atoms with Crippen molar-refractivity contribution in [2.45, 2.75) is 45.8 Å². The van der Waals surface area contributed by atoms with E-state index in [9.17, 15) is 4.79 Å². The molecule has 0 bridgehead atoms. The SMILES string of the molecule is CC(NCC1CCN(C(=O)OC(C)(C)C)C1)c1cscn1. The maximum atomic E-state index is 12.0. The van der Waals surface area contributed by atoms with Gasteiger partial charge in [0.05, 0.1) is 11.2 Å². The van der Waals surface area contributed by atoms with Crippen molar-refractivity contribution in [3.8, 4) is 0 Å². The van der Waals surface area contributed by atoms with Crippen LogP contribution < -0.4 is 5.32 Å². The summed E-state index contributed by atoms with van der Waals surface area (Å²) in [5.41, 5.74) is 2.52. The first-order valence-corrected chi connectivity index (χ1v) is 8.39. The van der Waals surface area contributed by atoms with Gasteiger partial charge in [-0.25, -0.2) is 9.78 Å². The number of hydrogen-bond donors (Lipinski definition) is 1. The predicted molar refractivity (Wildman–Crippen MR) is 84.4 cm³/mol. The molecule has 1 fully saturated rings. The molecule has 0 aromatic carbocycles. The van der Waals surface area contributed by atoms with Crippen LogP contribution in [0, 0.1) is 5.92 Å². The average molecular weight is 311 g/mol. The molecule has 21 heavy (non-hydrogen) atoms. The topological polar surface area (TPSA) is 54.5 Å².